The Kier molecular flexibility index (Phi) is 2.86. The summed E-state index contributed by atoms with van der Waals surface area (Å²) in [6.07, 6.45) is 4.55. The number of carbonyl (C=O) groups is 1. The Morgan fingerprint density at radius 2 is 2.12 bits per heavy atom. The number of anilines is 1. The predicted molar refractivity (Wildman–Crippen MR) is 63.9 cm³/mol. The first-order chi connectivity index (χ1) is 7.67. The molecule has 2 rings (SSSR count). The highest BCUT2D eigenvalue weighted by Gasteiger charge is 2.35. The van der Waals surface area contributed by atoms with Gasteiger partial charge in [0, 0.05) is 11.2 Å². The van der Waals surface area contributed by atoms with E-state index >= 15 is 0 Å². The Morgan fingerprint density at radius 3 is 2.62 bits per heavy atom. The van der Waals surface area contributed by atoms with Crippen LogP contribution in [0, 0.1) is 0 Å². The fourth-order valence-corrected chi connectivity index (χ4v) is 2.23. The van der Waals surface area contributed by atoms with Gasteiger partial charge in [-0.15, -0.1) is 0 Å². The second-order valence-electron chi connectivity index (χ2n) is 4.46. The summed E-state index contributed by atoms with van der Waals surface area (Å²) in [6.45, 7) is 2.15. The number of hydrogen-bond acceptors (Lipinski definition) is 2. The number of carboxylic acids is 1. The monoisotopic (exact) mass is 219 g/mol. The molecule has 0 saturated heterocycles. The van der Waals surface area contributed by atoms with E-state index in [2.05, 4.69) is 12.2 Å². The molecule has 1 fully saturated rings. The molecule has 1 aromatic rings. The van der Waals surface area contributed by atoms with Gasteiger partial charge in [0.25, 0.3) is 0 Å². The van der Waals surface area contributed by atoms with E-state index in [0.717, 1.165) is 24.9 Å². The first-order valence-electron chi connectivity index (χ1n) is 5.77. The van der Waals surface area contributed by atoms with Crippen LogP contribution in [0.5, 0.6) is 0 Å². The largest absolute Gasteiger partial charge is 0.478 e. The van der Waals surface area contributed by atoms with Gasteiger partial charge in [-0.05, 0) is 37.8 Å². The minimum atomic E-state index is -0.867. The number of carboxylic acid groups (broad SMARTS) is 1. The highest BCUT2D eigenvalue weighted by atomic mass is 16.4. The van der Waals surface area contributed by atoms with Crippen LogP contribution in [0.25, 0.3) is 0 Å². The highest BCUT2D eigenvalue weighted by molar-refractivity contribution is 5.94. The van der Waals surface area contributed by atoms with Crippen molar-refractivity contribution >= 4 is 11.7 Å². The lowest BCUT2D eigenvalue weighted by atomic mass is 9.74. The first-order valence-corrected chi connectivity index (χ1v) is 5.77. The summed E-state index contributed by atoms with van der Waals surface area (Å²) in [5, 5.41) is 12.5. The van der Waals surface area contributed by atoms with E-state index in [0.29, 0.717) is 5.56 Å². The van der Waals surface area contributed by atoms with Crippen molar-refractivity contribution in [3.63, 3.8) is 0 Å². The summed E-state index contributed by atoms with van der Waals surface area (Å²) in [5.74, 6) is -0.867. The van der Waals surface area contributed by atoms with Gasteiger partial charge in [-0.1, -0.05) is 19.1 Å². The maximum Gasteiger partial charge on any atom is 0.337 e. The molecule has 0 radical (unpaired) electrons. The smallest absolute Gasteiger partial charge is 0.337 e. The van der Waals surface area contributed by atoms with Crippen LogP contribution in [-0.2, 0) is 0 Å². The van der Waals surface area contributed by atoms with Crippen molar-refractivity contribution in [2.24, 2.45) is 0 Å². The standard InChI is InChI=1S/C13H17NO2/c1-2-13(8-5-9-13)14-11-7-4-3-6-10(11)12(15)16/h3-4,6-7,14H,2,5,8-9H2,1H3,(H,15,16). The quantitative estimate of drug-likeness (QED) is 0.818. The molecule has 0 spiro atoms. The number of benzene rings is 1. The maximum absolute atomic E-state index is 11.1. The summed E-state index contributed by atoms with van der Waals surface area (Å²) >= 11 is 0. The van der Waals surface area contributed by atoms with E-state index in [1.54, 1.807) is 12.1 Å². The molecule has 16 heavy (non-hydrogen) atoms. The van der Waals surface area contributed by atoms with Crippen molar-refractivity contribution in [2.75, 3.05) is 5.32 Å². The number of nitrogens with one attached hydrogen (secondary N) is 1. The van der Waals surface area contributed by atoms with Gasteiger partial charge in [0.05, 0.1) is 5.56 Å². The van der Waals surface area contributed by atoms with Crippen LogP contribution in [0.3, 0.4) is 0 Å². The van der Waals surface area contributed by atoms with Gasteiger partial charge in [-0.3, -0.25) is 0 Å². The fourth-order valence-electron chi connectivity index (χ4n) is 2.23. The molecule has 1 aromatic carbocycles. The zero-order valence-corrected chi connectivity index (χ0v) is 9.49. The van der Waals surface area contributed by atoms with Gasteiger partial charge in [0.1, 0.15) is 0 Å². The molecule has 0 bridgehead atoms. The second-order valence-corrected chi connectivity index (χ2v) is 4.46. The molecule has 3 nitrogen and oxygen atoms in total. The summed E-state index contributed by atoms with van der Waals surface area (Å²) in [5.41, 5.74) is 1.24. The molecule has 0 atom stereocenters. The third-order valence-corrected chi connectivity index (χ3v) is 3.54. The van der Waals surface area contributed by atoms with E-state index in [4.69, 9.17) is 5.11 Å². The van der Waals surface area contributed by atoms with Crippen molar-refractivity contribution in [1.29, 1.82) is 0 Å². The van der Waals surface area contributed by atoms with Crippen molar-refractivity contribution in [2.45, 2.75) is 38.1 Å². The van der Waals surface area contributed by atoms with Crippen LogP contribution in [0.15, 0.2) is 24.3 Å². The van der Waals surface area contributed by atoms with E-state index in [1.165, 1.54) is 6.42 Å². The zero-order valence-electron chi connectivity index (χ0n) is 9.49. The molecular weight excluding hydrogens is 202 g/mol. The number of hydrogen-bond donors (Lipinski definition) is 2. The second kappa shape index (κ2) is 4.16. The van der Waals surface area contributed by atoms with E-state index in [-0.39, 0.29) is 5.54 Å². The first kappa shape index (κ1) is 11.0. The van der Waals surface area contributed by atoms with Gasteiger partial charge in [-0.2, -0.15) is 0 Å². The minimum Gasteiger partial charge on any atom is -0.478 e. The molecule has 3 heteroatoms. The number of rotatable bonds is 4. The molecule has 1 saturated carbocycles. The Hall–Kier alpha value is -1.51. The van der Waals surface area contributed by atoms with Gasteiger partial charge in [0.15, 0.2) is 0 Å². The molecule has 0 unspecified atom stereocenters. The molecule has 0 heterocycles. The third-order valence-electron chi connectivity index (χ3n) is 3.54. The summed E-state index contributed by atoms with van der Waals surface area (Å²) < 4.78 is 0. The average molecular weight is 219 g/mol. The fraction of sp³-hybridized carbons (Fsp3) is 0.462. The van der Waals surface area contributed by atoms with Crippen LogP contribution < -0.4 is 5.32 Å². The van der Waals surface area contributed by atoms with Gasteiger partial charge in [-0.25, -0.2) is 4.79 Å². The van der Waals surface area contributed by atoms with Crippen molar-refractivity contribution in [3.8, 4) is 0 Å². The van der Waals surface area contributed by atoms with Gasteiger partial charge in [0.2, 0.25) is 0 Å². The lowest BCUT2D eigenvalue weighted by Crippen LogP contribution is -2.44. The highest BCUT2D eigenvalue weighted by Crippen LogP contribution is 2.38. The SMILES string of the molecule is CCC1(Nc2ccccc2C(=O)O)CCC1. The predicted octanol–water partition coefficient (Wildman–Crippen LogP) is 3.13. The zero-order chi connectivity index (χ0) is 11.6. The number of para-hydroxylation sites is 1. The minimum absolute atomic E-state index is 0.131. The summed E-state index contributed by atoms with van der Waals surface area (Å²) in [7, 11) is 0. The lowest BCUT2D eigenvalue weighted by Gasteiger charge is -2.43. The van der Waals surface area contributed by atoms with Crippen LogP contribution in [-0.4, -0.2) is 16.6 Å². The molecule has 0 amide bonds. The number of aromatic carboxylic acids is 1. The third kappa shape index (κ3) is 1.90. The van der Waals surface area contributed by atoms with Crippen LogP contribution >= 0.6 is 0 Å². The van der Waals surface area contributed by atoms with E-state index in [1.807, 2.05) is 12.1 Å². The maximum atomic E-state index is 11.1. The van der Waals surface area contributed by atoms with Crippen molar-refractivity contribution in [3.05, 3.63) is 29.8 Å². The van der Waals surface area contributed by atoms with E-state index in [9.17, 15) is 4.79 Å². The topological polar surface area (TPSA) is 49.3 Å². The van der Waals surface area contributed by atoms with Crippen LogP contribution in [0.1, 0.15) is 43.0 Å². The Labute approximate surface area is 95.5 Å². The lowest BCUT2D eigenvalue weighted by molar-refractivity contribution is 0.0697. The normalized spacial score (nSPS) is 17.6. The summed E-state index contributed by atoms with van der Waals surface area (Å²) in [4.78, 5) is 11.1. The molecule has 0 aromatic heterocycles. The molecule has 1 aliphatic rings. The van der Waals surface area contributed by atoms with Crippen LogP contribution in [0.4, 0.5) is 5.69 Å². The molecule has 1 aliphatic carbocycles. The Bertz CT molecular complexity index is 391. The Morgan fingerprint density at radius 1 is 1.44 bits per heavy atom. The van der Waals surface area contributed by atoms with E-state index < -0.39 is 5.97 Å². The Balaban J connectivity index is 2.23. The molecule has 0 aliphatic heterocycles. The molecule has 2 N–H and O–H groups in total. The average Bonchev–Trinajstić information content (AvgIpc) is 2.24. The van der Waals surface area contributed by atoms with Crippen LogP contribution in [0.2, 0.25) is 0 Å². The summed E-state index contributed by atoms with van der Waals surface area (Å²) in [6, 6.07) is 7.12. The molecular formula is C13H17NO2. The van der Waals surface area contributed by atoms with Crippen molar-refractivity contribution < 1.29 is 9.90 Å². The molecule has 86 valence electrons. The van der Waals surface area contributed by atoms with Crippen molar-refractivity contribution in [1.82, 2.24) is 0 Å². The van der Waals surface area contributed by atoms with Gasteiger partial charge < -0.3 is 10.4 Å². The van der Waals surface area contributed by atoms with Gasteiger partial charge >= 0.3 is 5.97 Å².